The van der Waals surface area contributed by atoms with Gasteiger partial charge in [0.25, 0.3) is 5.91 Å². The molecule has 5 heteroatoms. The molecule has 1 fully saturated rings. The summed E-state index contributed by atoms with van der Waals surface area (Å²) in [6.45, 7) is 1.75. The molecule has 0 radical (unpaired) electrons. The molecule has 1 aliphatic heterocycles. The quantitative estimate of drug-likeness (QED) is 0.760. The highest BCUT2D eigenvalue weighted by Crippen LogP contribution is 2.20. The number of hydrogen-bond donors (Lipinski definition) is 2. The number of carbonyl (C=O) groups is 2. The van der Waals surface area contributed by atoms with Crippen molar-refractivity contribution in [2.45, 2.75) is 25.3 Å². The third-order valence-corrected chi connectivity index (χ3v) is 3.51. The predicted octanol–water partition coefficient (Wildman–Crippen LogP) is 1.28. The van der Waals surface area contributed by atoms with E-state index in [1.54, 1.807) is 18.3 Å². The first-order valence-electron chi connectivity index (χ1n) is 4.76. The maximum absolute atomic E-state index is 11.5. The summed E-state index contributed by atoms with van der Waals surface area (Å²) in [5.41, 5.74) is -0.749. The molecule has 1 aliphatic rings. The molecule has 1 aromatic heterocycles. The average molecular weight is 224 g/mol. The zero-order chi connectivity index (χ0) is 10.9. The fourth-order valence-electron chi connectivity index (χ4n) is 1.58. The summed E-state index contributed by atoms with van der Waals surface area (Å²) in [6, 6.07) is 3.62. The Labute approximate surface area is 91.7 Å². The van der Waals surface area contributed by atoms with Gasteiger partial charge in [-0.25, -0.2) is 4.79 Å². The SMILES string of the molecule is CC1(CCc2cccs2)NC(=O)NC1=O. The monoisotopic (exact) mass is 224 g/mol. The lowest BCUT2D eigenvalue weighted by atomic mass is 9.96. The van der Waals surface area contributed by atoms with E-state index < -0.39 is 11.6 Å². The van der Waals surface area contributed by atoms with E-state index in [0.29, 0.717) is 6.42 Å². The van der Waals surface area contributed by atoms with Gasteiger partial charge >= 0.3 is 6.03 Å². The molecule has 1 atom stereocenters. The Kier molecular flexibility index (Phi) is 2.48. The number of rotatable bonds is 3. The van der Waals surface area contributed by atoms with Gasteiger partial charge in [0.05, 0.1) is 0 Å². The van der Waals surface area contributed by atoms with E-state index in [4.69, 9.17) is 0 Å². The van der Waals surface area contributed by atoms with Gasteiger partial charge in [-0.2, -0.15) is 0 Å². The van der Waals surface area contributed by atoms with E-state index in [1.807, 2.05) is 17.5 Å². The first kappa shape index (κ1) is 10.2. The minimum absolute atomic E-state index is 0.232. The zero-order valence-electron chi connectivity index (χ0n) is 8.37. The van der Waals surface area contributed by atoms with Crippen LogP contribution in [0.4, 0.5) is 4.79 Å². The molecule has 0 bridgehead atoms. The molecule has 2 N–H and O–H groups in total. The molecule has 0 aliphatic carbocycles. The summed E-state index contributed by atoms with van der Waals surface area (Å²) >= 11 is 1.66. The number of hydrogen-bond acceptors (Lipinski definition) is 3. The van der Waals surface area contributed by atoms with E-state index >= 15 is 0 Å². The van der Waals surface area contributed by atoms with Crippen LogP contribution in [0.25, 0.3) is 0 Å². The highest BCUT2D eigenvalue weighted by atomic mass is 32.1. The second-order valence-electron chi connectivity index (χ2n) is 3.82. The van der Waals surface area contributed by atoms with Crippen LogP contribution in [0.3, 0.4) is 0 Å². The van der Waals surface area contributed by atoms with Crippen molar-refractivity contribution in [3.05, 3.63) is 22.4 Å². The molecular weight excluding hydrogens is 212 g/mol. The molecule has 4 nitrogen and oxygen atoms in total. The van der Waals surface area contributed by atoms with E-state index in [2.05, 4.69) is 10.6 Å². The number of aryl methyl sites for hydroxylation is 1. The highest BCUT2D eigenvalue weighted by Gasteiger charge is 2.41. The molecule has 1 saturated heterocycles. The molecular formula is C10H12N2O2S. The number of thiophene rings is 1. The molecule has 0 saturated carbocycles. The number of nitrogens with one attached hydrogen (secondary N) is 2. The fourth-order valence-corrected chi connectivity index (χ4v) is 2.29. The van der Waals surface area contributed by atoms with Gasteiger partial charge in [-0.15, -0.1) is 11.3 Å². The summed E-state index contributed by atoms with van der Waals surface area (Å²) < 4.78 is 0. The van der Waals surface area contributed by atoms with E-state index in [1.165, 1.54) is 4.88 Å². The van der Waals surface area contributed by atoms with Gasteiger partial charge in [-0.3, -0.25) is 10.1 Å². The Morgan fingerprint density at radius 2 is 2.27 bits per heavy atom. The van der Waals surface area contributed by atoms with E-state index in [0.717, 1.165) is 6.42 Å². The molecule has 0 spiro atoms. The van der Waals surface area contributed by atoms with Crippen LogP contribution in [0, 0.1) is 0 Å². The molecule has 15 heavy (non-hydrogen) atoms. The number of urea groups is 1. The van der Waals surface area contributed by atoms with Gasteiger partial charge in [0.15, 0.2) is 0 Å². The molecule has 2 rings (SSSR count). The summed E-state index contributed by atoms with van der Waals surface area (Å²) in [5, 5.41) is 6.90. The Bertz CT molecular complexity index is 388. The van der Waals surface area contributed by atoms with Gasteiger partial charge in [-0.1, -0.05) is 6.07 Å². The van der Waals surface area contributed by atoms with Gasteiger partial charge in [0.1, 0.15) is 5.54 Å². The summed E-state index contributed by atoms with van der Waals surface area (Å²) in [4.78, 5) is 23.7. The van der Waals surface area contributed by atoms with Gasteiger partial charge < -0.3 is 5.32 Å². The first-order chi connectivity index (χ1) is 7.10. The summed E-state index contributed by atoms with van der Waals surface area (Å²) in [5.74, 6) is -0.232. The lowest BCUT2D eigenvalue weighted by Gasteiger charge is -2.19. The number of imide groups is 1. The van der Waals surface area contributed by atoms with E-state index in [-0.39, 0.29) is 5.91 Å². The minimum Gasteiger partial charge on any atom is -0.324 e. The summed E-state index contributed by atoms with van der Waals surface area (Å²) in [6.07, 6.45) is 1.44. The largest absolute Gasteiger partial charge is 0.324 e. The van der Waals surface area contributed by atoms with Crippen molar-refractivity contribution in [3.8, 4) is 0 Å². The van der Waals surface area contributed by atoms with Crippen LogP contribution in [0.15, 0.2) is 17.5 Å². The maximum atomic E-state index is 11.5. The fraction of sp³-hybridized carbons (Fsp3) is 0.400. The van der Waals surface area contributed by atoms with Crippen molar-refractivity contribution in [1.29, 1.82) is 0 Å². The second kappa shape index (κ2) is 3.66. The van der Waals surface area contributed by atoms with Crippen molar-refractivity contribution in [3.63, 3.8) is 0 Å². The van der Waals surface area contributed by atoms with Gasteiger partial charge in [-0.05, 0) is 31.2 Å². The zero-order valence-corrected chi connectivity index (χ0v) is 9.19. The second-order valence-corrected chi connectivity index (χ2v) is 4.85. The highest BCUT2D eigenvalue weighted by molar-refractivity contribution is 7.09. The van der Waals surface area contributed by atoms with Crippen LogP contribution in [0.2, 0.25) is 0 Å². The van der Waals surface area contributed by atoms with Crippen molar-refractivity contribution in [2.24, 2.45) is 0 Å². The Hall–Kier alpha value is -1.36. The summed E-state index contributed by atoms with van der Waals surface area (Å²) in [7, 11) is 0. The van der Waals surface area contributed by atoms with Gasteiger partial charge in [0.2, 0.25) is 0 Å². The molecule has 0 aromatic carbocycles. The van der Waals surface area contributed by atoms with Crippen molar-refractivity contribution in [1.82, 2.24) is 10.6 Å². The maximum Gasteiger partial charge on any atom is 0.322 e. The van der Waals surface area contributed by atoms with Crippen molar-refractivity contribution >= 4 is 23.3 Å². The van der Waals surface area contributed by atoms with E-state index in [9.17, 15) is 9.59 Å². The molecule has 1 aromatic rings. The van der Waals surface area contributed by atoms with Crippen molar-refractivity contribution < 1.29 is 9.59 Å². The van der Waals surface area contributed by atoms with Crippen LogP contribution in [0.1, 0.15) is 18.2 Å². The number of amides is 3. The van der Waals surface area contributed by atoms with Crippen LogP contribution >= 0.6 is 11.3 Å². The van der Waals surface area contributed by atoms with Crippen molar-refractivity contribution in [2.75, 3.05) is 0 Å². The molecule has 1 unspecified atom stereocenters. The lowest BCUT2D eigenvalue weighted by molar-refractivity contribution is -0.123. The van der Waals surface area contributed by atoms with Crippen LogP contribution in [0.5, 0.6) is 0 Å². The predicted molar refractivity (Wildman–Crippen MR) is 57.7 cm³/mol. The third-order valence-electron chi connectivity index (χ3n) is 2.57. The lowest BCUT2D eigenvalue weighted by Crippen LogP contribution is -2.43. The standard InChI is InChI=1S/C10H12N2O2S/c1-10(8(13)11-9(14)12-10)5-4-7-3-2-6-15-7/h2-3,6H,4-5H2,1H3,(H2,11,12,13,14). The van der Waals surface area contributed by atoms with Crippen LogP contribution in [-0.4, -0.2) is 17.5 Å². The third kappa shape index (κ3) is 2.02. The Balaban J connectivity index is 1.99. The first-order valence-corrected chi connectivity index (χ1v) is 5.64. The number of carbonyl (C=O) groups excluding carboxylic acids is 2. The smallest absolute Gasteiger partial charge is 0.322 e. The topological polar surface area (TPSA) is 58.2 Å². The minimum atomic E-state index is -0.749. The Morgan fingerprint density at radius 3 is 2.80 bits per heavy atom. The average Bonchev–Trinajstić information content (AvgIpc) is 2.73. The Morgan fingerprint density at radius 1 is 1.47 bits per heavy atom. The molecule has 80 valence electrons. The van der Waals surface area contributed by atoms with Crippen LogP contribution in [-0.2, 0) is 11.2 Å². The molecule has 2 heterocycles. The molecule has 3 amide bonds. The van der Waals surface area contributed by atoms with Gasteiger partial charge in [0, 0.05) is 4.88 Å². The normalized spacial score (nSPS) is 25.1. The van der Waals surface area contributed by atoms with Crippen LogP contribution < -0.4 is 10.6 Å².